The first-order chi connectivity index (χ1) is 12.1. The monoisotopic (exact) mass is 338 g/mol. The van der Waals surface area contributed by atoms with Crippen LogP contribution in [0.15, 0.2) is 24.7 Å². The van der Waals surface area contributed by atoms with Gasteiger partial charge in [-0.2, -0.15) is 10.2 Å². The van der Waals surface area contributed by atoms with E-state index in [2.05, 4.69) is 25.5 Å². The van der Waals surface area contributed by atoms with E-state index in [0.717, 1.165) is 46.9 Å². The van der Waals surface area contributed by atoms with Crippen molar-refractivity contribution >= 4 is 27.8 Å². The second-order valence-corrected chi connectivity index (χ2v) is 6.95. The first kappa shape index (κ1) is 15.8. The van der Waals surface area contributed by atoms with Crippen molar-refractivity contribution in [3.8, 4) is 0 Å². The molecule has 2 amide bonds. The fourth-order valence-corrected chi connectivity index (χ4v) is 3.62. The molecule has 0 bridgehead atoms. The highest BCUT2D eigenvalue weighted by molar-refractivity contribution is 6.05. The lowest BCUT2D eigenvalue weighted by Crippen LogP contribution is -2.47. The van der Waals surface area contributed by atoms with Gasteiger partial charge in [0.05, 0.1) is 11.9 Å². The molecule has 1 saturated heterocycles. The number of piperidine rings is 1. The summed E-state index contributed by atoms with van der Waals surface area (Å²) in [5.41, 5.74) is 1.82. The summed E-state index contributed by atoms with van der Waals surface area (Å²) in [6, 6.07) is 2.17. The number of pyridine rings is 1. The smallest absolute Gasteiger partial charge is 0.317 e. The van der Waals surface area contributed by atoms with Gasteiger partial charge >= 0.3 is 6.03 Å². The molecule has 1 aliphatic rings. The third-order valence-electron chi connectivity index (χ3n) is 4.74. The summed E-state index contributed by atoms with van der Waals surface area (Å²) in [4.78, 5) is 21.9. The Balaban J connectivity index is 1.71. The van der Waals surface area contributed by atoms with Gasteiger partial charge in [0.15, 0.2) is 0 Å². The Labute approximate surface area is 145 Å². The number of fused-ring (bicyclic) bond motifs is 3. The molecule has 2 N–H and O–H groups in total. The summed E-state index contributed by atoms with van der Waals surface area (Å²) < 4.78 is 0. The minimum absolute atomic E-state index is 0.00125. The standard InChI is InChI=1S/C18H22N6O/c1-11(2)22-18(25)24-7-3-4-12(10-24)16-15-13(9-21-23-16)8-20-17-14(15)5-6-19-17/h5-6,8-9,11-12H,3-4,7,10H2,1-2H3,(H,19,20)(H,22,25). The Morgan fingerprint density at radius 2 is 2.28 bits per heavy atom. The fraction of sp³-hybridized carbons (Fsp3) is 0.444. The number of amides is 2. The van der Waals surface area contributed by atoms with E-state index in [9.17, 15) is 4.79 Å². The molecule has 1 unspecified atom stereocenters. The van der Waals surface area contributed by atoms with Crippen molar-refractivity contribution in [3.05, 3.63) is 30.4 Å². The number of urea groups is 1. The minimum atomic E-state index is 0.00125. The van der Waals surface area contributed by atoms with E-state index in [1.807, 2.05) is 37.2 Å². The number of hydrogen-bond acceptors (Lipinski definition) is 4. The first-order valence-electron chi connectivity index (χ1n) is 8.76. The molecule has 0 aromatic carbocycles. The summed E-state index contributed by atoms with van der Waals surface area (Å²) in [7, 11) is 0. The van der Waals surface area contributed by atoms with Crippen LogP contribution in [0.2, 0.25) is 0 Å². The minimum Gasteiger partial charge on any atom is -0.346 e. The molecular weight excluding hydrogens is 316 g/mol. The molecule has 3 aromatic heterocycles. The largest absolute Gasteiger partial charge is 0.346 e. The molecule has 4 heterocycles. The lowest BCUT2D eigenvalue weighted by Gasteiger charge is -2.33. The Morgan fingerprint density at radius 3 is 3.12 bits per heavy atom. The molecule has 4 rings (SSSR count). The molecule has 0 radical (unpaired) electrons. The summed E-state index contributed by atoms with van der Waals surface area (Å²) in [6.45, 7) is 5.41. The van der Waals surface area contributed by atoms with E-state index in [4.69, 9.17) is 0 Å². The van der Waals surface area contributed by atoms with Gasteiger partial charge in [0, 0.05) is 53.6 Å². The lowest BCUT2D eigenvalue weighted by molar-refractivity contribution is 0.177. The number of rotatable bonds is 2. The van der Waals surface area contributed by atoms with Crippen LogP contribution in [-0.2, 0) is 0 Å². The quantitative estimate of drug-likeness (QED) is 0.752. The number of likely N-dealkylation sites (tertiary alicyclic amines) is 1. The van der Waals surface area contributed by atoms with E-state index >= 15 is 0 Å². The van der Waals surface area contributed by atoms with Crippen LogP contribution >= 0.6 is 0 Å². The number of nitrogens with zero attached hydrogens (tertiary/aromatic N) is 4. The van der Waals surface area contributed by atoms with Crippen LogP contribution in [0.25, 0.3) is 21.8 Å². The van der Waals surface area contributed by atoms with E-state index in [1.54, 1.807) is 6.20 Å². The maximum absolute atomic E-state index is 12.4. The van der Waals surface area contributed by atoms with Crippen molar-refractivity contribution in [3.63, 3.8) is 0 Å². The van der Waals surface area contributed by atoms with Crippen molar-refractivity contribution in [2.75, 3.05) is 13.1 Å². The zero-order chi connectivity index (χ0) is 17.4. The summed E-state index contributed by atoms with van der Waals surface area (Å²) in [6.07, 6.45) is 7.45. The number of nitrogens with one attached hydrogen (secondary N) is 2. The second kappa shape index (κ2) is 6.31. The lowest BCUT2D eigenvalue weighted by atomic mass is 9.91. The summed E-state index contributed by atoms with van der Waals surface area (Å²) in [5.74, 6) is 0.184. The van der Waals surface area contributed by atoms with Crippen LogP contribution in [0.1, 0.15) is 38.3 Å². The number of carbonyl (C=O) groups is 1. The maximum Gasteiger partial charge on any atom is 0.317 e. The molecule has 0 aliphatic carbocycles. The molecule has 3 aromatic rings. The molecule has 130 valence electrons. The van der Waals surface area contributed by atoms with Gasteiger partial charge in [-0.15, -0.1) is 0 Å². The molecule has 1 fully saturated rings. The fourth-order valence-electron chi connectivity index (χ4n) is 3.62. The van der Waals surface area contributed by atoms with E-state index < -0.39 is 0 Å². The van der Waals surface area contributed by atoms with E-state index in [-0.39, 0.29) is 18.0 Å². The number of H-pyrrole nitrogens is 1. The zero-order valence-corrected chi connectivity index (χ0v) is 14.5. The van der Waals surface area contributed by atoms with Gasteiger partial charge in [-0.1, -0.05) is 0 Å². The highest BCUT2D eigenvalue weighted by Gasteiger charge is 2.28. The summed E-state index contributed by atoms with van der Waals surface area (Å²) in [5, 5.41) is 14.8. The molecule has 7 heteroatoms. The Morgan fingerprint density at radius 1 is 1.40 bits per heavy atom. The Hall–Kier alpha value is -2.70. The third-order valence-corrected chi connectivity index (χ3v) is 4.74. The molecule has 0 saturated carbocycles. The molecule has 0 spiro atoms. The van der Waals surface area contributed by atoms with Crippen LogP contribution < -0.4 is 5.32 Å². The van der Waals surface area contributed by atoms with Gasteiger partial charge in [0.2, 0.25) is 0 Å². The van der Waals surface area contributed by atoms with Crippen LogP contribution in [-0.4, -0.2) is 50.2 Å². The highest BCUT2D eigenvalue weighted by atomic mass is 16.2. The Kier molecular flexibility index (Phi) is 3.99. The molecule has 1 atom stereocenters. The first-order valence-corrected chi connectivity index (χ1v) is 8.76. The van der Waals surface area contributed by atoms with Gasteiger partial charge in [0.25, 0.3) is 0 Å². The normalized spacial score (nSPS) is 18.2. The average Bonchev–Trinajstić information content (AvgIpc) is 3.09. The number of aromatic nitrogens is 4. The second-order valence-electron chi connectivity index (χ2n) is 6.95. The number of hydrogen-bond donors (Lipinski definition) is 2. The predicted octanol–water partition coefficient (Wildman–Crippen LogP) is 2.80. The summed E-state index contributed by atoms with van der Waals surface area (Å²) >= 11 is 0. The topological polar surface area (TPSA) is 86.8 Å². The van der Waals surface area contributed by atoms with E-state index in [0.29, 0.717) is 6.54 Å². The van der Waals surface area contributed by atoms with Gasteiger partial charge in [-0.3, -0.25) is 0 Å². The SMILES string of the molecule is CC(C)NC(=O)N1CCCC(c2nncc3cnc4[nH]ccc4c23)C1. The zero-order valence-electron chi connectivity index (χ0n) is 14.5. The Bertz CT molecular complexity index is 918. The third kappa shape index (κ3) is 2.90. The van der Waals surface area contributed by atoms with Crippen LogP contribution in [0.5, 0.6) is 0 Å². The van der Waals surface area contributed by atoms with Gasteiger partial charge in [-0.25, -0.2) is 9.78 Å². The number of aromatic amines is 1. The van der Waals surface area contributed by atoms with Gasteiger partial charge in [-0.05, 0) is 32.8 Å². The van der Waals surface area contributed by atoms with Crippen molar-refractivity contribution in [2.24, 2.45) is 0 Å². The van der Waals surface area contributed by atoms with Gasteiger partial charge in [0.1, 0.15) is 5.65 Å². The molecule has 25 heavy (non-hydrogen) atoms. The highest BCUT2D eigenvalue weighted by Crippen LogP contribution is 2.33. The molecule has 1 aliphatic heterocycles. The van der Waals surface area contributed by atoms with E-state index in [1.165, 1.54) is 0 Å². The maximum atomic E-state index is 12.4. The molecule has 7 nitrogen and oxygen atoms in total. The van der Waals surface area contributed by atoms with Gasteiger partial charge < -0.3 is 15.2 Å². The van der Waals surface area contributed by atoms with Crippen molar-refractivity contribution in [1.82, 2.24) is 30.4 Å². The van der Waals surface area contributed by atoms with Crippen molar-refractivity contribution < 1.29 is 4.79 Å². The van der Waals surface area contributed by atoms with Crippen LogP contribution in [0, 0.1) is 0 Å². The predicted molar refractivity (Wildman–Crippen MR) is 96.4 cm³/mol. The van der Waals surface area contributed by atoms with Crippen molar-refractivity contribution in [1.29, 1.82) is 0 Å². The molecular formula is C18H22N6O. The van der Waals surface area contributed by atoms with Crippen LogP contribution in [0.3, 0.4) is 0 Å². The average molecular weight is 338 g/mol. The van der Waals surface area contributed by atoms with Crippen molar-refractivity contribution in [2.45, 2.75) is 38.6 Å². The van der Waals surface area contributed by atoms with Crippen LogP contribution in [0.4, 0.5) is 4.79 Å². The number of carbonyl (C=O) groups excluding carboxylic acids is 1.